The molecule has 0 spiro atoms. The van der Waals surface area contributed by atoms with E-state index in [1.54, 1.807) is 18.1 Å². The lowest BCUT2D eigenvalue weighted by molar-refractivity contribution is 0.0730. The normalized spacial score (nSPS) is 17.3. The van der Waals surface area contributed by atoms with Gasteiger partial charge >= 0.3 is 0 Å². The molecule has 1 aliphatic heterocycles. The summed E-state index contributed by atoms with van der Waals surface area (Å²) in [6.45, 7) is 0.635. The van der Waals surface area contributed by atoms with Crippen molar-refractivity contribution in [2.24, 2.45) is 0 Å². The molecule has 1 fully saturated rings. The van der Waals surface area contributed by atoms with Crippen LogP contribution in [0, 0.1) is 5.82 Å². The zero-order chi connectivity index (χ0) is 16.4. The van der Waals surface area contributed by atoms with Gasteiger partial charge in [-0.2, -0.15) is 0 Å². The Morgan fingerprint density at radius 3 is 2.87 bits per heavy atom. The molecule has 23 heavy (non-hydrogen) atoms. The van der Waals surface area contributed by atoms with Gasteiger partial charge in [0.05, 0.1) is 18.7 Å². The Balaban J connectivity index is 1.90. The first-order valence-corrected chi connectivity index (χ1v) is 8.29. The first-order valence-electron chi connectivity index (χ1n) is 7.50. The van der Waals surface area contributed by atoms with Crippen LogP contribution in [0.1, 0.15) is 34.8 Å². The predicted molar refractivity (Wildman–Crippen MR) is 90.1 cm³/mol. The van der Waals surface area contributed by atoms with Crippen LogP contribution in [-0.4, -0.2) is 24.5 Å². The highest BCUT2D eigenvalue weighted by atomic mass is 79.9. The first kappa shape index (κ1) is 16.0. The van der Waals surface area contributed by atoms with Crippen molar-refractivity contribution >= 4 is 21.8 Å². The second-order valence-corrected chi connectivity index (χ2v) is 6.47. The number of carbonyl (C=O) groups is 1. The van der Waals surface area contributed by atoms with E-state index in [0.717, 1.165) is 24.2 Å². The first-order chi connectivity index (χ1) is 11.1. The zero-order valence-electron chi connectivity index (χ0n) is 12.8. The number of hydrogen-bond donors (Lipinski definition) is 0. The van der Waals surface area contributed by atoms with Gasteiger partial charge in [0.25, 0.3) is 5.91 Å². The molecule has 2 aromatic rings. The van der Waals surface area contributed by atoms with Crippen molar-refractivity contribution in [3.8, 4) is 5.75 Å². The summed E-state index contributed by atoms with van der Waals surface area (Å²) in [7, 11) is 1.62. The molecule has 1 atom stereocenters. The smallest absolute Gasteiger partial charge is 0.257 e. The van der Waals surface area contributed by atoms with E-state index in [-0.39, 0.29) is 17.5 Å². The van der Waals surface area contributed by atoms with E-state index in [1.165, 1.54) is 12.1 Å². The summed E-state index contributed by atoms with van der Waals surface area (Å²) < 4.78 is 20.0. The minimum Gasteiger partial charge on any atom is -0.497 e. The third-order valence-corrected chi connectivity index (χ3v) is 4.65. The van der Waals surface area contributed by atoms with Crippen molar-refractivity contribution in [3.63, 3.8) is 0 Å². The molecule has 1 saturated heterocycles. The molecule has 1 heterocycles. The fourth-order valence-corrected chi connectivity index (χ4v) is 3.36. The lowest BCUT2D eigenvalue weighted by Gasteiger charge is -2.25. The van der Waals surface area contributed by atoms with Crippen molar-refractivity contribution < 1.29 is 13.9 Å². The standard InChI is InChI=1S/C18H17BrFNO2/c1-23-14-5-2-4-12(10-14)17-6-3-9-21(17)18(22)15-8-7-13(19)11-16(15)20/h2,4-5,7-8,10-11,17H,3,6,9H2,1H3/t17-/m0/s1. The number of halogens is 2. The van der Waals surface area contributed by atoms with Gasteiger partial charge in [0.1, 0.15) is 11.6 Å². The fraction of sp³-hybridized carbons (Fsp3) is 0.278. The minimum absolute atomic E-state index is 0.0411. The minimum atomic E-state index is -0.499. The van der Waals surface area contributed by atoms with Crippen LogP contribution < -0.4 is 4.74 Å². The topological polar surface area (TPSA) is 29.5 Å². The third-order valence-electron chi connectivity index (χ3n) is 4.15. The summed E-state index contributed by atoms with van der Waals surface area (Å²) in [5, 5.41) is 0. The maximum Gasteiger partial charge on any atom is 0.257 e. The van der Waals surface area contributed by atoms with Crippen molar-refractivity contribution in [2.45, 2.75) is 18.9 Å². The quantitative estimate of drug-likeness (QED) is 0.783. The molecule has 1 amide bonds. The molecular weight excluding hydrogens is 361 g/mol. The van der Waals surface area contributed by atoms with Gasteiger partial charge in [-0.05, 0) is 48.7 Å². The molecule has 0 aromatic heterocycles. The van der Waals surface area contributed by atoms with Crippen molar-refractivity contribution in [3.05, 3.63) is 63.9 Å². The number of benzene rings is 2. The Labute approximate surface area is 143 Å². The van der Waals surface area contributed by atoms with Crippen LogP contribution in [0.2, 0.25) is 0 Å². The number of hydrogen-bond acceptors (Lipinski definition) is 2. The summed E-state index contributed by atoms with van der Waals surface area (Å²) >= 11 is 3.21. The predicted octanol–water partition coefficient (Wildman–Crippen LogP) is 4.57. The zero-order valence-corrected chi connectivity index (χ0v) is 14.3. The number of methoxy groups -OCH3 is 1. The monoisotopic (exact) mass is 377 g/mol. The molecule has 0 bridgehead atoms. The molecule has 0 unspecified atom stereocenters. The summed E-state index contributed by atoms with van der Waals surface area (Å²) in [6, 6.07) is 12.2. The lowest BCUT2D eigenvalue weighted by Crippen LogP contribution is -2.31. The van der Waals surface area contributed by atoms with Gasteiger partial charge in [-0.15, -0.1) is 0 Å². The Hall–Kier alpha value is -1.88. The molecule has 0 N–H and O–H groups in total. The van der Waals surface area contributed by atoms with Crippen LogP contribution in [-0.2, 0) is 0 Å². The number of rotatable bonds is 3. The van der Waals surface area contributed by atoms with Gasteiger partial charge in [0.15, 0.2) is 0 Å². The van der Waals surface area contributed by atoms with Gasteiger partial charge in [0, 0.05) is 11.0 Å². The van der Waals surface area contributed by atoms with Crippen LogP contribution in [0.4, 0.5) is 4.39 Å². The summed E-state index contributed by atoms with van der Waals surface area (Å²) in [6.07, 6.45) is 1.78. The fourth-order valence-electron chi connectivity index (χ4n) is 3.02. The Bertz CT molecular complexity index is 735. The van der Waals surface area contributed by atoms with Crippen molar-refractivity contribution in [1.29, 1.82) is 0 Å². The van der Waals surface area contributed by atoms with Crippen LogP contribution in [0.5, 0.6) is 5.75 Å². The molecule has 3 rings (SSSR count). The van der Waals surface area contributed by atoms with E-state index < -0.39 is 5.82 Å². The molecule has 0 radical (unpaired) electrons. The van der Waals surface area contributed by atoms with Crippen LogP contribution >= 0.6 is 15.9 Å². The summed E-state index contributed by atoms with van der Waals surface area (Å²) in [4.78, 5) is 14.5. The largest absolute Gasteiger partial charge is 0.497 e. The van der Waals surface area contributed by atoms with E-state index in [0.29, 0.717) is 11.0 Å². The molecule has 1 aliphatic rings. The van der Waals surface area contributed by atoms with E-state index in [2.05, 4.69) is 15.9 Å². The number of nitrogens with zero attached hydrogens (tertiary/aromatic N) is 1. The lowest BCUT2D eigenvalue weighted by atomic mass is 10.0. The summed E-state index contributed by atoms with van der Waals surface area (Å²) in [5.41, 5.74) is 1.13. The molecule has 0 aliphatic carbocycles. The molecule has 120 valence electrons. The molecular formula is C18H17BrFNO2. The highest BCUT2D eigenvalue weighted by Crippen LogP contribution is 2.35. The second-order valence-electron chi connectivity index (χ2n) is 5.56. The molecule has 0 saturated carbocycles. The van der Waals surface area contributed by atoms with Crippen molar-refractivity contribution in [2.75, 3.05) is 13.7 Å². The van der Waals surface area contributed by atoms with Gasteiger partial charge in [-0.1, -0.05) is 28.1 Å². The molecule has 2 aromatic carbocycles. The van der Waals surface area contributed by atoms with Gasteiger partial charge < -0.3 is 9.64 Å². The molecule has 3 nitrogen and oxygen atoms in total. The average Bonchev–Trinajstić information content (AvgIpc) is 3.04. The SMILES string of the molecule is COc1cccc([C@@H]2CCCN2C(=O)c2ccc(Br)cc2F)c1. The highest BCUT2D eigenvalue weighted by molar-refractivity contribution is 9.10. The number of carbonyl (C=O) groups excluding carboxylic acids is 1. The number of likely N-dealkylation sites (tertiary alicyclic amines) is 1. The second kappa shape index (κ2) is 6.71. The van der Waals surface area contributed by atoms with Crippen LogP contribution in [0.25, 0.3) is 0 Å². The van der Waals surface area contributed by atoms with Crippen molar-refractivity contribution in [1.82, 2.24) is 4.90 Å². The van der Waals surface area contributed by atoms with E-state index in [9.17, 15) is 9.18 Å². The van der Waals surface area contributed by atoms with Gasteiger partial charge in [0.2, 0.25) is 0 Å². The Kier molecular flexibility index (Phi) is 4.66. The third kappa shape index (κ3) is 3.24. The van der Waals surface area contributed by atoms with E-state index in [1.807, 2.05) is 24.3 Å². The number of amides is 1. The van der Waals surface area contributed by atoms with Gasteiger partial charge in [-0.3, -0.25) is 4.79 Å². The number of ether oxygens (including phenoxy) is 1. The van der Waals surface area contributed by atoms with E-state index in [4.69, 9.17) is 4.74 Å². The molecule has 5 heteroatoms. The Morgan fingerprint density at radius 2 is 2.13 bits per heavy atom. The Morgan fingerprint density at radius 1 is 1.30 bits per heavy atom. The van der Waals surface area contributed by atoms with E-state index >= 15 is 0 Å². The summed E-state index contributed by atoms with van der Waals surface area (Å²) in [5.74, 6) is -0.00221. The van der Waals surface area contributed by atoms with Crippen LogP contribution in [0.3, 0.4) is 0 Å². The maximum atomic E-state index is 14.1. The average molecular weight is 378 g/mol. The maximum absolute atomic E-state index is 14.1. The highest BCUT2D eigenvalue weighted by Gasteiger charge is 2.31. The van der Waals surface area contributed by atoms with Gasteiger partial charge in [-0.25, -0.2) is 4.39 Å². The van der Waals surface area contributed by atoms with Crippen LogP contribution in [0.15, 0.2) is 46.9 Å².